The molecule has 24 heavy (non-hydrogen) atoms. The average Bonchev–Trinajstić information content (AvgIpc) is 2.85. The highest BCUT2D eigenvalue weighted by molar-refractivity contribution is 6.31. The van der Waals surface area contributed by atoms with Gasteiger partial charge in [0.25, 0.3) is 5.91 Å². The molecule has 0 aliphatic heterocycles. The topological polar surface area (TPSA) is 85.6 Å². The maximum atomic E-state index is 12.3. The zero-order valence-electron chi connectivity index (χ0n) is 13.7. The van der Waals surface area contributed by atoms with Crippen molar-refractivity contribution in [3.8, 4) is 0 Å². The van der Waals surface area contributed by atoms with E-state index in [4.69, 9.17) is 11.6 Å². The molecular weight excluding hydrogens is 328 g/mol. The highest BCUT2D eigenvalue weighted by Crippen LogP contribution is 2.15. The molecule has 0 bridgehead atoms. The molecule has 0 aliphatic rings. The number of hydrogen-bond acceptors (Lipinski definition) is 5. The molecule has 1 amide bonds. The molecule has 124 valence electrons. The largest absolute Gasteiger partial charge is 0.345 e. The Morgan fingerprint density at radius 1 is 1.25 bits per heavy atom. The number of halogens is 1. The summed E-state index contributed by atoms with van der Waals surface area (Å²) >= 11 is 5.94. The van der Waals surface area contributed by atoms with Gasteiger partial charge in [0.05, 0.1) is 11.2 Å². The van der Waals surface area contributed by atoms with Crippen molar-refractivity contribution in [1.82, 2.24) is 30.3 Å². The molecule has 0 fully saturated rings. The number of benzene rings is 1. The molecule has 8 heteroatoms. The zero-order valence-corrected chi connectivity index (χ0v) is 14.4. The standard InChI is InChI=1S/C16H17ClN6O/c1-4-23-10(3)12(9(2)22-23)8-18-16(24)15-19-14-7-11(17)5-6-13(14)20-21-15/h5-7H,4,8H2,1-3H3,(H,18,24). The first-order valence-electron chi connectivity index (χ1n) is 7.60. The number of aromatic nitrogens is 5. The fourth-order valence-electron chi connectivity index (χ4n) is 2.55. The minimum atomic E-state index is -0.382. The molecule has 0 atom stereocenters. The van der Waals surface area contributed by atoms with Gasteiger partial charge in [-0.25, -0.2) is 4.98 Å². The van der Waals surface area contributed by atoms with E-state index >= 15 is 0 Å². The van der Waals surface area contributed by atoms with Crippen LogP contribution in [0.15, 0.2) is 18.2 Å². The maximum absolute atomic E-state index is 12.3. The molecule has 0 unspecified atom stereocenters. The van der Waals surface area contributed by atoms with E-state index in [1.807, 2.05) is 25.5 Å². The van der Waals surface area contributed by atoms with Gasteiger partial charge in [-0.15, -0.1) is 10.2 Å². The number of nitrogens with zero attached hydrogens (tertiary/aromatic N) is 5. The summed E-state index contributed by atoms with van der Waals surface area (Å²) < 4.78 is 1.91. The Kier molecular flexibility index (Phi) is 4.44. The Bertz CT molecular complexity index is 920. The molecule has 1 N–H and O–H groups in total. The van der Waals surface area contributed by atoms with Gasteiger partial charge in [-0.1, -0.05) is 11.6 Å². The van der Waals surface area contributed by atoms with Crippen molar-refractivity contribution < 1.29 is 4.79 Å². The average molecular weight is 345 g/mol. The van der Waals surface area contributed by atoms with Crippen molar-refractivity contribution in [1.29, 1.82) is 0 Å². The summed E-state index contributed by atoms with van der Waals surface area (Å²) in [7, 11) is 0. The fourth-order valence-corrected chi connectivity index (χ4v) is 2.72. The smallest absolute Gasteiger partial charge is 0.291 e. The summed E-state index contributed by atoms with van der Waals surface area (Å²) in [6, 6.07) is 5.07. The van der Waals surface area contributed by atoms with Crippen LogP contribution < -0.4 is 5.32 Å². The van der Waals surface area contributed by atoms with Gasteiger partial charge < -0.3 is 5.32 Å². The molecule has 3 aromatic rings. The number of rotatable bonds is 4. The van der Waals surface area contributed by atoms with Crippen LogP contribution in [0.4, 0.5) is 0 Å². The quantitative estimate of drug-likeness (QED) is 0.785. The molecule has 0 radical (unpaired) electrons. The Morgan fingerprint density at radius 2 is 2.04 bits per heavy atom. The summed E-state index contributed by atoms with van der Waals surface area (Å²) in [5.74, 6) is -0.365. The van der Waals surface area contributed by atoms with Crippen LogP contribution in [0.5, 0.6) is 0 Å². The van der Waals surface area contributed by atoms with Gasteiger partial charge in [0.15, 0.2) is 0 Å². The number of amides is 1. The molecule has 1 aromatic carbocycles. The van der Waals surface area contributed by atoms with Gasteiger partial charge in [0.1, 0.15) is 5.52 Å². The lowest BCUT2D eigenvalue weighted by Gasteiger charge is -2.06. The van der Waals surface area contributed by atoms with Crippen LogP contribution in [-0.4, -0.2) is 30.9 Å². The predicted octanol–water partition coefficient (Wildman–Crippen LogP) is 2.44. The van der Waals surface area contributed by atoms with E-state index in [1.165, 1.54) is 0 Å². The maximum Gasteiger partial charge on any atom is 0.291 e. The van der Waals surface area contributed by atoms with Crippen LogP contribution >= 0.6 is 11.6 Å². The van der Waals surface area contributed by atoms with Crippen LogP contribution in [0.3, 0.4) is 0 Å². The Hall–Kier alpha value is -2.54. The molecule has 7 nitrogen and oxygen atoms in total. The van der Waals surface area contributed by atoms with Crippen LogP contribution in [-0.2, 0) is 13.1 Å². The zero-order chi connectivity index (χ0) is 17.3. The second-order valence-corrected chi connectivity index (χ2v) is 5.85. The first-order valence-corrected chi connectivity index (χ1v) is 7.98. The summed E-state index contributed by atoms with van der Waals surface area (Å²) in [6.07, 6.45) is 0. The number of nitrogens with one attached hydrogen (secondary N) is 1. The van der Waals surface area contributed by atoms with Crippen LogP contribution in [0.25, 0.3) is 11.0 Å². The normalized spacial score (nSPS) is 11.0. The lowest BCUT2D eigenvalue weighted by Crippen LogP contribution is -2.26. The van der Waals surface area contributed by atoms with Gasteiger partial charge in [-0.05, 0) is 39.0 Å². The Balaban J connectivity index is 1.79. The number of fused-ring (bicyclic) bond motifs is 1. The monoisotopic (exact) mass is 344 g/mol. The van der Waals surface area contributed by atoms with E-state index in [1.54, 1.807) is 18.2 Å². The van der Waals surface area contributed by atoms with E-state index in [9.17, 15) is 4.79 Å². The minimum absolute atomic E-state index is 0.0166. The molecule has 0 saturated heterocycles. The third-order valence-corrected chi connectivity index (χ3v) is 4.11. The van der Waals surface area contributed by atoms with E-state index in [2.05, 4.69) is 25.6 Å². The van der Waals surface area contributed by atoms with Gasteiger partial charge in [0.2, 0.25) is 5.82 Å². The van der Waals surface area contributed by atoms with Gasteiger partial charge in [0, 0.05) is 29.4 Å². The molecule has 2 heterocycles. The van der Waals surface area contributed by atoms with Crippen molar-refractivity contribution in [2.45, 2.75) is 33.9 Å². The SMILES string of the molecule is CCn1nc(C)c(CNC(=O)c2nnc3ccc(Cl)cc3n2)c1C. The number of carbonyl (C=O) groups is 1. The Morgan fingerprint density at radius 3 is 2.75 bits per heavy atom. The summed E-state index contributed by atoms with van der Waals surface area (Å²) in [5, 5.41) is 15.7. The second kappa shape index (κ2) is 6.52. The molecule has 0 spiro atoms. The molecule has 0 aliphatic carbocycles. The van der Waals surface area contributed by atoms with Gasteiger partial charge in [-0.3, -0.25) is 9.48 Å². The fraction of sp³-hybridized carbons (Fsp3) is 0.312. The van der Waals surface area contributed by atoms with Crippen LogP contribution in [0.2, 0.25) is 5.02 Å². The van der Waals surface area contributed by atoms with Crippen LogP contribution in [0.1, 0.15) is 34.5 Å². The first-order chi connectivity index (χ1) is 11.5. The van der Waals surface area contributed by atoms with E-state index in [0.717, 1.165) is 23.5 Å². The van der Waals surface area contributed by atoms with E-state index < -0.39 is 0 Å². The summed E-state index contributed by atoms with van der Waals surface area (Å²) in [6.45, 7) is 7.10. The molecule has 3 rings (SSSR count). The lowest BCUT2D eigenvalue weighted by molar-refractivity contribution is 0.0939. The number of aryl methyl sites for hydroxylation is 2. The van der Waals surface area contributed by atoms with Crippen molar-refractivity contribution in [3.63, 3.8) is 0 Å². The minimum Gasteiger partial charge on any atom is -0.345 e. The van der Waals surface area contributed by atoms with Gasteiger partial charge >= 0.3 is 0 Å². The third kappa shape index (κ3) is 3.07. The highest BCUT2D eigenvalue weighted by Gasteiger charge is 2.15. The van der Waals surface area contributed by atoms with Crippen molar-refractivity contribution in [2.24, 2.45) is 0 Å². The molecular formula is C16H17ClN6O. The van der Waals surface area contributed by atoms with Crippen LogP contribution in [0, 0.1) is 13.8 Å². The second-order valence-electron chi connectivity index (χ2n) is 5.42. The highest BCUT2D eigenvalue weighted by atomic mass is 35.5. The number of hydrogen-bond donors (Lipinski definition) is 1. The van der Waals surface area contributed by atoms with Crippen molar-refractivity contribution in [3.05, 3.63) is 46.0 Å². The predicted molar refractivity (Wildman–Crippen MR) is 90.9 cm³/mol. The van der Waals surface area contributed by atoms with E-state index in [-0.39, 0.29) is 11.7 Å². The molecule has 2 aromatic heterocycles. The summed E-state index contributed by atoms with van der Waals surface area (Å²) in [4.78, 5) is 16.5. The Labute approximate surface area is 144 Å². The molecule has 0 saturated carbocycles. The third-order valence-electron chi connectivity index (χ3n) is 3.88. The summed E-state index contributed by atoms with van der Waals surface area (Å²) in [5.41, 5.74) is 4.07. The first kappa shape index (κ1) is 16.3. The van der Waals surface area contributed by atoms with E-state index in [0.29, 0.717) is 22.6 Å². The van der Waals surface area contributed by atoms with Crippen molar-refractivity contribution in [2.75, 3.05) is 0 Å². The lowest BCUT2D eigenvalue weighted by atomic mass is 10.2. The number of carbonyl (C=O) groups excluding carboxylic acids is 1. The van der Waals surface area contributed by atoms with Crippen molar-refractivity contribution >= 4 is 28.5 Å². The van der Waals surface area contributed by atoms with Gasteiger partial charge in [-0.2, -0.15) is 5.10 Å².